The van der Waals surface area contributed by atoms with Crippen molar-refractivity contribution in [2.75, 3.05) is 0 Å². The Morgan fingerprint density at radius 2 is 2.11 bits per heavy atom. The summed E-state index contributed by atoms with van der Waals surface area (Å²) in [7, 11) is 0. The molecule has 1 aliphatic rings. The number of nitrogens with zero attached hydrogens (tertiary/aromatic N) is 3. The first kappa shape index (κ1) is 11.9. The first-order valence-electron chi connectivity index (χ1n) is 6.19. The molecule has 3 N–H and O–H groups in total. The first-order chi connectivity index (χ1) is 9.15. The number of hydrogen-bond acceptors (Lipinski definition) is 4. The van der Waals surface area contributed by atoms with Gasteiger partial charge in [-0.1, -0.05) is 12.1 Å². The molecule has 2 aromatic rings. The molecule has 0 amide bonds. The molecule has 2 heterocycles. The maximum absolute atomic E-state index is 10.8. The van der Waals surface area contributed by atoms with Crippen LogP contribution >= 0.6 is 0 Å². The summed E-state index contributed by atoms with van der Waals surface area (Å²) >= 11 is 0. The molecular weight excluding hydrogens is 244 g/mol. The monoisotopic (exact) mass is 258 g/mol. The van der Waals surface area contributed by atoms with Gasteiger partial charge in [0.15, 0.2) is 5.82 Å². The van der Waals surface area contributed by atoms with E-state index in [0.29, 0.717) is 5.82 Å². The number of aryl methyl sites for hydroxylation is 1. The SMILES string of the molecule is NC1CCCn2nc(-c3ccc(C(=O)O)cc3)nc21. The number of nitrogens with two attached hydrogens (primary N) is 1. The van der Waals surface area contributed by atoms with Gasteiger partial charge in [0, 0.05) is 12.1 Å². The fourth-order valence-corrected chi connectivity index (χ4v) is 2.27. The largest absolute Gasteiger partial charge is 0.478 e. The molecule has 1 aromatic heterocycles. The Kier molecular flexibility index (Phi) is 2.79. The molecular formula is C13H14N4O2. The van der Waals surface area contributed by atoms with E-state index in [1.54, 1.807) is 24.3 Å². The van der Waals surface area contributed by atoms with Crippen LogP contribution in [0.4, 0.5) is 0 Å². The third-order valence-corrected chi connectivity index (χ3v) is 3.31. The Morgan fingerprint density at radius 1 is 1.37 bits per heavy atom. The van der Waals surface area contributed by atoms with Crippen molar-refractivity contribution in [1.29, 1.82) is 0 Å². The second-order valence-electron chi connectivity index (χ2n) is 4.65. The van der Waals surface area contributed by atoms with Crippen molar-refractivity contribution >= 4 is 5.97 Å². The lowest BCUT2D eigenvalue weighted by atomic mass is 10.1. The number of carbonyl (C=O) groups is 1. The van der Waals surface area contributed by atoms with Gasteiger partial charge >= 0.3 is 5.97 Å². The predicted octanol–water partition coefficient (Wildman–Crippen LogP) is 1.44. The number of aromatic carboxylic acids is 1. The van der Waals surface area contributed by atoms with Crippen molar-refractivity contribution in [3.8, 4) is 11.4 Å². The molecule has 1 aliphatic heterocycles. The molecule has 1 aromatic carbocycles. The molecule has 3 rings (SSSR count). The topological polar surface area (TPSA) is 94.0 Å². The fraction of sp³-hybridized carbons (Fsp3) is 0.308. The summed E-state index contributed by atoms with van der Waals surface area (Å²) in [6.45, 7) is 0.837. The van der Waals surface area contributed by atoms with Crippen LogP contribution in [0.1, 0.15) is 35.1 Å². The Labute approximate surface area is 109 Å². The van der Waals surface area contributed by atoms with E-state index in [4.69, 9.17) is 10.8 Å². The zero-order valence-electron chi connectivity index (χ0n) is 10.3. The smallest absolute Gasteiger partial charge is 0.335 e. The molecule has 0 bridgehead atoms. The number of carboxylic acid groups (broad SMARTS) is 1. The zero-order chi connectivity index (χ0) is 13.4. The lowest BCUT2D eigenvalue weighted by Crippen LogP contribution is -2.22. The lowest BCUT2D eigenvalue weighted by Gasteiger charge is -2.17. The summed E-state index contributed by atoms with van der Waals surface area (Å²) in [6.07, 6.45) is 1.94. The van der Waals surface area contributed by atoms with Crippen LogP contribution in [0.15, 0.2) is 24.3 Å². The Hall–Kier alpha value is -2.21. The second-order valence-corrected chi connectivity index (χ2v) is 4.65. The highest BCUT2D eigenvalue weighted by Crippen LogP contribution is 2.24. The summed E-state index contributed by atoms with van der Waals surface area (Å²) in [5.41, 5.74) is 7.06. The Morgan fingerprint density at radius 3 is 2.74 bits per heavy atom. The van der Waals surface area contributed by atoms with Gasteiger partial charge in [0.2, 0.25) is 0 Å². The van der Waals surface area contributed by atoms with E-state index in [0.717, 1.165) is 30.8 Å². The van der Waals surface area contributed by atoms with Gasteiger partial charge in [-0.25, -0.2) is 14.5 Å². The van der Waals surface area contributed by atoms with Gasteiger partial charge < -0.3 is 10.8 Å². The van der Waals surface area contributed by atoms with E-state index in [9.17, 15) is 4.79 Å². The molecule has 1 atom stereocenters. The summed E-state index contributed by atoms with van der Waals surface area (Å²) < 4.78 is 1.84. The number of fused-ring (bicyclic) bond motifs is 1. The van der Waals surface area contributed by atoms with Crippen LogP contribution in [0.2, 0.25) is 0 Å². The average molecular weight is 258 g/mol. The minimum Gasteiger partial charge on any atom is -0.478 e. The van der Waals surface area contributed by atoms with Crippen molar-refractivity contribution in [2.24, 2.45) is 5.73 Å². The highest BCUT2D eigenvalue weighted by Gasteiger charge is 2.21. The minimum atomic E-state index is -0.939. The summed E-state index contributed by atoms with van der Waals surface area (Å²) in [6, 6.07) is 6.48. The summed E-state index contributed by atoms with van der Waals surface area (Å²) in [5, 5.41) is 13.3. The van der Waals surface area contributed by atoms with Crippen LogP contribution in [-0.4, -0.2) is 25.8 Å². The van der Waals surface area contributed by atoms with Crippen LogP contribution in [0.25, 0.3) is 11.4 Å². The number of hydrogen-bond donors (Lipinski definition) is 2. The number of benzene rings is 1. The molecule has 0 saturated heterocycles. The van der Waals surface area contributed by atoms with Crippen LogP contribution in [0.5, 0.6) is 0 Å². The molecule has 0 radical (unpaired) electrons. The quantitative estimate of drug-likeness (QED) is 0.850. The van der Waals surface area contributed by atoms with Crippen LogP contribution < -0.4 is 5.73 Å². The molecule has 98 valence electrons. The first-order valence-corrected chi connectivity index (χ1v) is 6.19. The van der Waals surface area contributed by atoms with E-state index in [1.165, 1.54) is 0 Å². The summed E-state index contributed by atoms with van der Waals surface area (Å²) in [5.74, 6) is 0.471. The Bertz CT molecular complexity index is 618. The minimum absolute atomic E-state index is 0.0618. The standard InChI is InChI=1S/C13H14N4O2/c14-10-2-1-7-17-12(10)15-11(16-17)8-3-5-9(6-4-8)13(18)19/h3-6,10H,1-2,7,14H2,(H,18,19). The van der Waals surface area contributed by atoms with Gasteiger partial charge in [0.25, 0.3) is 0 Å². The normalized spacial score (nSPS) is 18.1. The molecule has 0 fully saturated rings. The predicted molar refractivity (Wildman–Crippen MR) is 68.6 cm³/mol. The molecule has 0 saturated carbocycles. The van der Waals surface area contributed by atoms with Crippen LogP contribution in [0, 0.1) is 0 Å². The van der Waals surface area contributed by atoms with Crippen molar-refractivity contribution in [2.45, 2.75) is 25.4 Å². The second kappa shape index (κ2) is 4.47. The number of aromatic nitrogens is 3. The third kappa shape index (κ3) is 2.10. The van der Waals surface area contributed by atoms with Crippen molar-refractivity contribution in [1.82, 2.24) is 14.8 Å². The Balaban J connectivity index is 1.96. The molecule has 0 spiro atoms. The highest BCUT2D eigenvalue weighted by atomic mass is 16.4. The van der Waals surface area contributed by atoms with Crippen molar-refractivity contribution < 1.29 is 9.90 Å². The van der Waals surface area contributed by atoms with Gasteiger partial charge in [-0.05, 0) is 25.0 Å². The van der Waals surface area contributed by atoms with Gasteiger partial charge in [-0.15, -0.1) is 0 Å². The van der Waals surface area contributed by atoms with E-state index < -0.39 is 5.97 Å². The summed E-state index contributed by atoms with van der Waals surface area (Å²) in [4.78, 5) is 15.3. The van der Waals surface area contributed by atoms with Crippen LogP contribution in [-0.2, 0) is 6.54 Å². The van der Waals surface area contributed by atoms with E-state index in [1.807, 2.05) is 4.68 Å². The molecule has 6 nitrogen and oxygen atoms in total. The molecule has 6 heteroatoms. The van der Waals surface area contributed by atoms with Gasteiger partial charge in [0.05, 0.1) is 11.6 Å². The van der Waals surface area contributed by atoms with Crippen molar-refractivity contribution in [3.05, 3.63) is 35.7 Å². The average Bonchev–Trinajstić information content (AvgIpc) is 2.84. The van der Waals surface area contributed by atoms with E-state index in [-0.39, 0.29) is 11.6 Å². The molecule has 1 unspecified atom stereocenters. The number of rotatable bonds is 2. The zero-order valence-corrected chi connectivity index (χ0v) is 10.3. The van der Waals surface area contributed by atoms with Gasteiger partial charge in [-0.3, -0.25) is 0 Å². The number of carboxylic acids is 1. The molecule has 19 heavy (non-hydrogen) atoms. The highest BCUT2D eigenvalue weighted by molar-refractivity contribution is 5.88. The maximum atomic E-state index is 10.8. The lowest BCUT2D eigenvalue weighted by molar-refractivity contribution is 0.0697. The van der Waals surface area contributed by atoms with Gasteiger partial charge in [-0.2, -0.15) is 5.10 Å². The fourth-order valence-electron chi connectivity index (χ4n) is 2.27. The van der Waals surface area contributed by atoms with E-state index in [2.05, 4.69) is 10.1 Å². The van der Waals surface area contributed by atoms with E-state index >= 15 is 0 Å². The van der Waals surface area contributed by atoms with Crippen molar-refractivity contribution in [3.63, 3.8) is 0 Å². The van der Waals surface area contributed by atoms with Crippen LogP contribution in [0.3, 0.4) is 0 Å². The van der Waals surface area contributed by atoms with Gasteiger partial charge in [0.1, 0.15) is 5.82 Å². The third-order valence-electron chi connectivity index (χ3n) is 3.31. The molecule has 0 aliphatic carbocycles. The maximum Gasteiger partial charge on any atom is 0.335 e.